The fourth-order valence-electron chi connectivity index (χ4n) is 4.29. The minimum atomic E-state index is -0.606. The van der Waals surface area contributed by atoms with Crippen LogP contribution < -0.4 is 10.6 Å². The van der Waals surface area contributed by atoms with E-state index in [1.165, 1.54) is 37.8 Å². The monoisotopic (exact) mass is 349 g/mol. The van der Waals surface area contributed by atoms with Crippen LogP contribution in [0, 0.1) is 11.2 Å². The zero-order chi connectivity index (χ0) is 17.9. The summed E-state index contributed by atoms with van der Waals surface area (Å²) in [6.45, 7) is 3.27. The van der Waals surface area contributed by atoms with Crippen molar-refractivity contribution >= 4 is 5.96 Å². The topological polar surface area (TPSA) is 65.9 Å². The van der Waals surface area contributed by atoms with Crippen molar-refractivity contribution in [1.82, 2.24) is 10.6 Å². The predicted octanol–water partition coefficient (Wildman–Crippen LogP) is 2.93. The molecule has 3 N–H and O–H groups in total. The Morgan fingerprint density at radius 2 is 2.16 bits per heavy atom. The van der Waals surface area contributed by atoms with Gasteiger partial charge in [-0.15, -0.1) is 0 Å². The quantitative estimate of drug-likeness (QED) is 0.565. The summed E-state index contributed by atoms with van der Waals surface area (Å²) in [4.78, 5) is 4.30. The molecule has 0 bridgehead atoms. The first-order valence-corrected chi connectivity index (χ1v) is 9.15. The molecule has 1 aromatic carbocycles. The Bertz CT molecular complexity index is 629. The highest BCUT2D eigenvalue weighted by molar-refractivity contribution is 5.80. The predicted molar refractivity (Wildman–Crippen MR) is 96.1 cm³/mol. The fourth-order valence-corrected chi connectivity index (χ4v) is 4.29. The van der Waals surface area contributed by atoms with Gasteiger partial charge in [-0.3, -0.25) is 4.99 Å². The number of nitrogens with one attached hydrogen (secondary N) is 2. The van der Waals surface area contributed by atoms with Crippen LogP contribution in [-0.4, -0.2) is 36.9 Å². The first-order chi connectivity index (χ1) is 12.1. The number of hydrogen-bond acceptors (Lipinski definition) is 3. The summed E-state index contributed by atoms with van der Waals surface area (Å²) in [5.74, 6) is -0.212. The molecule has 0 heterocycles. The van der Waals surface area contributed by atoms with Crippen molar-refractivity contribution in [3.05, 3.63) is 29.6 Å². The normalized spacial score (nSPS) is 25.0. The number of hydrogen-bond donors (Lipinski definition) is 3. The second kappa shape index (κ2) is 7.60. The third-order valence-corrected chi connectivity index (χ3v) is 5.69. The van der Waals surface area contributed by atoms with E-state index in [2.05, 4.69) is 22.5 Å². The van der Waals surface area contributed by atoms with Gasteiger partial charge in [0.2, 0.25) is 0 Å². The minimum absolute atomic E-state index is 0.234. The van der Waals surface area contributed by atoms with Gasteiger partial charge >= 0.3 is 0 Å². The number of rotatable bonds is 5. The van der Waals surface area contributed by atoms with Gasteiger partial charge in [-0.05, 0) is 43.9 Å². The number of guanidine groups is 1. The average molecular weight is 349 g/mol. The molecule has 138 valence electrons. The molecule has 3 rings (SSSR count). The highest BCUT2D eigenvalue weighted by Crippen LogP contribution is 2.54. The second-order valence-corrected chi connectivity index (χ2v) is 7.03. The van der Waals surface area contributed by atoms with E-state index in [1.807, 2.05) is 0 Å². The van der Waals surface area contributed by atoms with Gasteiger partial charge in [-0.1, -0.05) is 18.9 Å². The Labute approximate surface area is 148 Å². The molecule has 2 aliphatic carbocycles. The van der Waals surface area contributed by atoms with Gasteiger partial charge in [0.05, 0.1) is 6.10 Å². The third kappa shape index (κ3) is 3.59. The molecule has 2 atom stereocenters. The van der Waals surface area contributed by atoms with E-state index in [-0.39, 0.29) is 11.2 Å². The van der Waals surface area contributed by atoms with Crippen molar-refractivity contribution in [3.8, 4) is 5.75 Å². The molecule has 2 fully saturated rings. The molecule has 2 saturated carbocycles. The number of phenols is 1. The number of phenolic OH excluding ortho intramolecular Hbond substituents is 1. The van der Waals surface area contributed by atoms with Crippen LogP contribution in [0.4, 0.5) is 4.39 Å². The summed E-state index contributed by atoms with van der Waals surface area (Å²) >= 11 is 0. The van der Waals surface area contributed by atoms with Crippen molar-refractivity contribution in [3.63, 3.8) is 0 Å². The van der Waals surface area contributed by atoms with Crippen molar-refractivity contribution < 1.29 is 14.2 Å². The molecule has 0 aromatic heterocycles. The van der Waals surface area contributed by atoms with Crippen LogP contribution in [-0.2, 0) is 11.3 Å². The summed E-state index contributed by atoms with van der Waals surface area (Å²) in [6.07, 6.45) is 6.29. The maximum atomic E-state index is 13.4. The van der Waals surface area contributed by atoms with Crippen molar-refractivity contribution in [1.29, 1.82) is 0 Å². The molecule has 0 saturated heterocycles. The van der Waals surface area contributed by atoms with Crippen molar-refractivity contribution in [2.24, 2.45) is 10.4 Å². The largest absolute Gasteiger partial charge is 0.505 e. The van der Waals surface area contributed by atoms with Crippen LogP contribution in [0.2, 0.25) is 0 Å². The lowest BCUT2D eigenvalue weighted by Crippen LogP contribution is -2.65. The van der Waals surface area contributed by atoms with Gasteiger partial charge in [0.1, 0.15) is 0 Å². The van der Waals surface area contributed by atoms with E-state index in [0.717, 1.165) is 24.6 Å². The average Bonchev–Trinajstić information content (AvgIpc) is 3.12. The van der Waals surface area contributed by atoms with E-state index in [4.69, 9.17) is 4.74 Å². The van der Waals surface area contributed by atoms with Gasteiger partial charge in [-0.25, -0.2) is 4.39 Å². The third-order valence-electron chi connectivity index (χ3n) is 5.69. The van der Waals surface area contributed by atoms with Gasteiger partial charge in [-0.2, -0.15) is 0 Å². The van der Waals surface area contributed by atoms with Crippen LogP contribution in [0.25, 0.3) is 0 Å². The fraction of sp³-hybridized carbons (Fsp3) is 0.632. The van der Waals surface area contributed by atoms with E-state index < -0.39 is 5.82 Å². The number of ether oxygens (including phenoxy) is 1. The lowest BCUT2D eigenvalue weighted by Gasteiger charge is -2.54. The molecule has 0 aliphatic heterocycles. The summed E-state index contributed by atoms with van der Waals surface area (Å²) < 4.78 is 19.4. The SMILES string of the molecule is CCOC1CC(NC(=NC)NCc2ccc(O)c(F)c2)C12CCCC2. The van der Waals surface area contributed by atoms with Gasteiger partial charge in [0, 0.05) is 31.7 Å². The first-order valence-electron chi connectivity index (χ1n) is 9.15. The zero-order valence-electron chi connectivity index (χ0n) is 15.0. The Balaban J connectivity index is 1.58. The number of aromatic hydroxyl groups is 1. The summed E-state index contributed by atoms with van der Waals surface area (Å²) in [7, 11) is 1.74. The first kappa shape index (κ1) is 18.0. The molecule has 1 aromatic rings. The van der Waals surface area contributed by atoms with Gasteiger partial charge in [0.15, 0.2) is 17.5 Å². The van der Waals surface area contributed by atoms with Crippen LogP contribution in [0.1, 0.15) is 44.6 Å². The summed E-state index contributed by atoms with van der Waals surface area (Å²) in [5.41, 5.74) is 0.993. The highest BCUT2D eigenvalue weighted by Gasteiger charge is 2.56. The Kier molecular flexibility index (Phi) is 5.47. The number of aliphatic imine (C=N–C) groups is 1. The molecular formula is C19H28FN3O2. The summed E-state index contributed by atoms with van der Waals surface area (Å²) in [6, 6.07) is 4.78. The Hall–Kier alpha value is -1.82. The molecule has 5 nitrogen and oxygen atoms in total. The van der Waals surface area contributed by atoms with Crippen molar-refractivity contribution in [2.75, 3.05) is 13.7 Å². The van der Waals surface area contributed by atoms with Crippen molar-refractivity contribution in [2.45, 2.75) is 57.7 Å². The van der Waals surface area contributed by atoms with E-state index >= 15 is 0 Å². The lowest BCUT2D eigenvalue weighted by molar-refractivity contribution is -0.125. The van der Waals surface area contributed by atoms with Gasteiger partial charge in [0.25, 0.3) is 0 Å². The molecule has 2 unspecified atom stereocenters. The number of halogens is 1. The van der Waals surface area contributed by atoms with E-state index in [0.29, 0.717) is 18.7 Å². The lowest BCUT2D eigenvalue weighted by atomic mass is 9.60. The van der Waals surface area contributed by atoms with Crippen LogP contribution in [0.15, 0.2) is 23.2 Å². The maximum absolute atomic E-state index is 13.4. The van der Waals surface area contributed by atoms with E-state index in [1.54, 1.807) is 13.1 Å². The molecule has 0 radical (unpaired) electrons. The molecule has 0 amide bonds. The van der Waals surface area contributed by atoms with E-state index in [9.17, 15) is 9.50 Å². The maximum Gasteiger partial charge on any atom is 0.191 e. The second-order valence-electron chi connectivity index (χ2n) is 7.03. The highest BCUT2D eigenvalue weighted by atomic mass is 19.1. The number of nitrogens with zero attached hydrogens (tertiary/aromatic N) is 1. The minimum Gasteiger partial charge on any atom is -0.505 e. The molecule has 1 spiro atoms. The zero-order valence-corrected chi connectivity index (χ0v) is 15.0. The molecule has 6 heteroatoms. The van der Waals surface area contributed by atoms with Gasteiger partial charge < -0.3 is 20.5 Å². The number of benzene rings is 1. The molecule has 25 heavy (non-hydrogen) atoms. The van der Waals surface area contributed by atoms with Crippen LogP contribution in [0.3, 0.4) is 0 Å². The van der Waals surface area contributed by atoms with Crippen LogP contribution in [0.5, 0.6) is 5.75 Å². The smallest absolute Gasteiger partial charge is 0.191 e. The Morgan fingerprint density at radius 3 is 2.80 bits per heavy atom. The summed E-state index contributed by atoms with van der Waals surface area (Å²) in [5, 5.41) is 16.0. The van der Waals surface area contributed by atoms with Crippen LogP contribution >= 0.6 is 0 Å². The Morgan fingerprint density at radius 1 is 1.40 bits per heavy atom. The molecule has 2 aliphatic rings. The molecular weight excluding hydrogens is 321 g/mol. The standard InChI is InChI=1S/C19H28FN3O2/c1-3-25-17-11-16(19(17)8-4-5-9-19)23-18(21-2)22-12-13-6-7-15(24)14(20)10-13/h6-7,10,16-17,24H,3-5,8-9,11-12H2,1-2H3,(H2,21,22,23).